The van der Waals surface area contributed by atoms with Crippen LogP contribution in [0.15, 0.2) is 29.3 Å². The number of morpholine rings is 1. The molecule has 3 heterocycles. The lowest BCUT2D eigenvalue weighted by atomic mass is 9.97. The number of amides is 1. The van der Waals surface area contributed by atoms with Crippen LogP contribution >= 0.6 is 0 Å². The molecule has 10 nitrogen and oxygen atoms in total. The average Bonchev–Trinajstić information content (AvgIpc) is 3.03. The first-order valence-corrected chi connectivity index (χ1v) is 8.18. The number of carboxylic acid groups (broad SMARTS) is 1. The third-order valence-corrected chi connectivity index (χ3v) is 4.34. The fourth-order valence-electron chi connectivity index (χ4n) is 2.75. The number of anilines is 1. The minimum atomic E-state index is -3.12. The van der Waals surface area contributed by atoms with Gasteiger partial charge in [0.2, 0.25) is 0 Å². The van der Waals surface area contributed by atoms with E-state index in [-0.39, 0.29) is 23.4 Å². The van der Waals surface area contributed by atoms with Gasteiger partial charge in [0, 0.05) is 12.3 Å². The maximum Gasteiger partial charge on any atom is 0.338 e. The number of carboxylic acids is 1. The van der Waals surface area contributed by atoms with Gasteiger partial charge in [-0.15, -0.1) is 5.10 Å². The predicted molar refractivity (Wildman–Crippen MR) is 89.4 cm³/mol. The number of hydrogen-bond acceptors (Lipinski definition) is 6. The Morgan fingerprint density at radius 1 is 1.34 bits per heavy atom. The molecule has 1 saturated heterocycles. The molecule has 2 N–H and O–H groups in total. The van der Waals surface area contributed by atoms with Crippen molar-refractivity contribution in [3.05, 3.63) is 40.7 Å². The molecule has 0 radical (unpaired) electrons. The summed E-state index contributed by atoms with van der Waals surface area (Å²) in [6.07, 6.45) is -0.237. The molecule has 0 unspecified atom stereocenters. The van der Waals surface area contributed by atoms with Crippen LogP contribution in [0.1, 0.15) is 13.5 Å². The number of aliphatic hydroxyl groups is 1. The molecule has 2 atom stereocenters. The zero-order valence-corrected chi connectivity index (χ0v) is 14.8. The Morgan fingerprint density at radius 3 is 2.66 bits per heavy atom. The van der Waals surface area contributed by atoms with Crippen LogP contribution in [-0.2, 0) is 14.3 Å². The van der Waals surface area contributed by atoms with Crippen molar-refractivity contribution in [3.63, 3.8) is 0 Å². The molecule has 29 heavy (non-hydrogen) atoms. The highest BCUT2D eigenvalue weighted by molar-refractivity contribution is 6.00. The number of rotatable bonds is 5. The largest absolute Gasteiger partial charge is 0.479 e. The van der Waals surface area contributed by atoms with E-state index in [1.807, 2.05) is 0 Å². The second kappa shape index (κ2) is 7.33. The van der Waals surface area contributed by atoms with Gasteiger partial charge in [-0.05, 0) is 13.0 Å². The van der Waals surface area contributed by atoms with Crippen molar-refractivity contribution in [1.82, 2.24) is 14.3 Å². The molecule has 156 valence electrons. The molecule has 1 amide bonds. The molecule has 0 aromatic carbocycles. The summed E-state index contributed by atoms with van der Waals surface area (Å²) in [6.45, 7) is -2.65. The average molecular weight is 416 g/mol. The Kier molecular flexibility index (Phi) is 5.19. The lowest BCUT2D eigenvalue weighted by molar-refractivity contribution is -0.180. The van der Waals surface area contributed by atoms with Crippen LogP contribution in [0.25, 0.3) is 5.69 Å². The zero-order valence-electron chi connectivity index (χ0n) is 14.8. The number of carbonyl (C=O) groups excluding carboxylic acids is 1. The molecular weight excluding hydrogens is 401 g/mol. The standard InChI is InChI=1S/C16H15F3N4O6/c1-16(28,14(26)27)11-13(25)21(4-5-29-11)12-9(17)7-23(20-12)8-2-3-10(24)22(6-8)15(18)19/h2-3,6-7,11,15,28H,4-5H2,1H3,(H,26,27)/t11-,16+/m0/s1. The summed E-state index contributed by atoms with van der Waals surface area (Å²) in [5.41, 5.74) is -3.62. The molecular formula is C16H15F3N4O6. The van der Waals surface area contributed by atoms with Crippen molar-refractivity contribution in [2.45, 2.75) is 25.2 Å². The number of carbonyl (C=O) groups is 2. The maximum atomic E-state index is 14.5. The number of pyridine rings is 1. The second-order valence-corrected chi connectivity index (χ2v) is 6.35. The highest BCUT2D eigenvalue weighted by Crippen LogP contribution is 2.26. The van der Waals surface area contributed by atoms with E-state index >= 15 is 0 Å². The summed E-state index contributed by atoms with van der Waals surface area (Å²) in [6, 6.07) is 1.98. The number of ether oxygens (including phenoxy) is 1. The van der Waals surface area contributed by atoms with Crippen molar-refractivity contribution in [1.29, 1.82) is 0 Å². The van der Waals surface area contributed by atoms with Crippen molar-refractivity contribution in [3.8, 4) is 5.69 Å². The van der Waals surface area contributed by atoms with Gasteiger partial charge in [0.25, 0.3) is 11.5 Å². The van der Waals surface area contributed by atoms with Crippen LogP contribution in [-0.4, -0.2) is 61.3 Å². The Morgan fingerprint density at radius 2 is 2.03 bits per heavy atom. The van der Waals surface area contributed by atoms with E-state index in [1.54, 1.807) is 0 Å². The van der Waals surface area contributed by atoms with Crippen LogP contribution in [0.5, 0.6) is 0 Å². The van der Waals surface area contributed by atoms with Crippen LogP contribution in [0, 0.1) is 5.82 Å². The van der Waals surface area contributed by atoms with Crippen molar-refractivity contribution >= 4 is 17.7 Å². The van der Waals surface area contributed by atoms with Gasteiger partial charge in [0.05, 0.1) is 25.0 Å². The molecule has 0 spiro atoms. The van der Waals surface area contributed by atoms with Crippen LogP contribution in [0.3, 0.4) is 0 Å². The molecule has 2 aromatic rings. The highest BCUT2D eigenvalue weighted by Gasteiger charge is 2.49. The molecule has 0 saturated carbocycles. The smallest absolute Gasteiger partial charge is 0.338 e. The van der Waals surface area contributed by atoms with E-state index in [0.717, 1.165) is 41.0 Å². The molecule has 1 aliphatic rings. The summed E-state index contributed by atoms with van der Waals surface area (Å²) in [4.78, 5) is 36.0. The first-order chi connectivity index (χ1) is 13.5. The van der Waals surface area contributed by atoms with E-state index in [4.69, 9.17) is 9.84 Å². The second-order valence-electron chi connectivity index (χ2n) is 6.35. The van der Waals surface area contributed by atoms with Gasteiger partial charge in [-0.3, -0.25) is 19.1 Å². The lowest BCUT2D eigenvalue weighted by Gasteiger charge is -2.36. The van der Waals surface area contributed by atoms with Crippen molar-refractivity contribution < 1.29 is 37.7 Å². The SMILES string of the molecule is C[C@](O)(C(=O)O)[C@H]1OCCN(c2nn(-c3ccc(=O)n(C(F)F)c3)cc2F)C1=O. The Balaban J connectivity index is 1.97. The summed E-state index contributed by atoms with van der Waals surface area (Å²) in [7, 11) is 0. The van der Waals surface area contributed by atoms with Crippen LogP contribution < -0.4 is 10.5 Å². The van der Waals surface area contributed by atoms with Gasteiger partial charge < -0.3 is 14.9 Å². The van der Waals surface area contributed by atoms with E-state index in [1.165, 1.54) is 0 Å². The fourth-order valence-corrected chi connectivity index (χ4v) is 2.75. The molecule has 13 heteroatoms. The van der Waals surface area contributed by atoms with Crippen LogP contribution in [0.4, 0.5) is 19.0 Å². The number of alkyl halides is 2. The Hall–Kier alpha value is -3.19. The number of nitrogens with zero attached hydrogens (tertiary/aromatic N) is 4. The minimum Gasteiger partial charge on any atom is -0.479 e. The molecule has 1 fully saturated rings. The molecule has 1 aliphatic heterocycles. The van der Waals surface area contributed by atoms with Crippen LogP contribution in [0.2, 0.25) is 0 Å². The normalized spacial score (nSPS) is 19.4. The number of halogens is 3. The highest BCUT2D eigenvalue weighted by atomic mass is 19.3. The summed E-state index contributed by atoms with van der Waals surface area (Å²) >= 11 is 0. The van der Waals surface area contributed by atoms with Gasteiger partial charge in [-0.1, -0.05) is 0 Å². The number of aromatic nitrogens is 3. The van der Waals surface area contributed by atoms with Crippen molar-refractivity contribution in [2.75, 3.05) is 18.1 Å². The van der Waals surface area contributed by atoms with Gasteiger partial charge >= 0.3 is 12.5 Å². The minimum absolute atomic E-state index is 0.0789. The molecule has 0 aliphatic carbocycles. The topological polar surface area (TPSA) is 127 Å². The maximum absolute atomic E-state index is 14.5. The summed E-state index contributed by atoms with van der Waals surface area (Å²) < 4.78 is 46.3. The molecule has 3 rings (SSSR count). The van der Waals surface area contributed by atoms with E-state index < -0.39 is 47.3 Å². The fraction of sp³-hybridized carbons (Fsp3) is 0.375. The first-order valence-electron chi connectivity index (χ1n) is 8.18. The zero-order chi connectivity index (χ0) is 21.5. The Bertz CT molecular complexity index is 1020. The third-order valence-electron chi connectivity index (χ3n) is 4.34. The number of hydrogen-bond donors (Lipinski definition) is 2. The number of aliphatic carboxylic acids is 1. The molecule has 2 aromatic heterocycles. The summed E-state index contributed by atoms with van der Waals surface area (Å²) in [5.74, 6) is -4.27. The predicted octanol–water partition coefficient (Wildman–Crippen LogP) is 0.136. The van der Waals surface area contributed by atoms with Gasteiger partial charge in [-0.25, -0.2) is 13.9 Å². The van der Waals surface area contributed by atoms with Gasteiger partial charge in [0.1, 0.15) is 0 Å². The van der Waals surface area contributed by atoms with Gasteiger partial charge in [0.15, 0.2) is 23.3 Å². The molecule has 0 bridgehead atoms. The van der Waals surface area contributed by atoms with E-state index in [0.29, 0.717) is 0 Å². The third kappa shape index (κ3) is 3.61. The Labute approximate surface area is 160 Å². The summed E-state index contributed by atoms with van der Waals surface area (Å²) in [5, 5.41) is 23.0. The van der Waals surface area contributed by atoms with Gasteiger partial charge in [-0.2, -0.15) is 8.78 Å². The van der Waals surface area contributed by atoms with Crippen molar-refractivity contribution in [2.24, 2.45) is 0 Å². The first kappa shape index (κ1) is 20.5. The van der Waals surface area contributed by atoms with E-state index in [9.17, 15) is 32.7 Å². The quantitative estimate of drug-likeness (QED) is 0.710. The van der Waals surface area contributed by atoms with E-state index in [2.05, 4.69) is 5.10 Å². The monoisotopic (exact) mass is 416 g/mol. The lowest BCUT2D eigenvalue weighted by Crippen LogP contribution is -2.60.